The van der Waals surface area contributed by atoms with E-state index >= 15 is 0 Å². The molecule has 0 aromatic heterocycles. The summed E-state index contributed by atoms with van der Waals surface area (Å²) in [4.78, 5) is 129. The van der Waals surface area contributed by atoms with Crippen molar-refractivity contribution in [2.45, 2.75) is 76.2 Å². The first-order valence-corrected chi connectivity index (χ1v) is 23.8. The Morgan fingerprint density at radius 3 is 1.47 bits per heavy atom. The molecular weight excluding hydrogens is 1020 g/mol. The lowest BCUT2D eigenvalue weighted by Crippen LogP contribution is -2.52. The number of nitrogens with zero attached hydrogens (tertiary/aromatic N) is 5. The number of benzene rings is 2. The van der Waals surface area contributed by atoms with Gasteiger partial charge in [-0.1, -0.05) is 40.2 Å². The maximum Gasteiger partial charge on any atom is 0.326 e. The zero-order chi connectivity index (χ0) is 53.3. The van der Waals surface area contributed by atoms with Gasteiger partial charge in [0, 0.05) is 94.9 Å². The second-order valence-corrected chi connectivity index (χ2v) is 18.0. The van der Waals surface area contributed by atoms with E-state index in [0.717, 1.165) is 10.0 Å². The van der Waals surface area contributed by atoms with Gasteiger partial charge in [0.2, 0.25) is 5.91 Å². The van der Waals surface area contributed by atoms with Crippen LogP contribution in [0, 0.1) is 0 Å². The van der Waals surface area contributed by atoms with Crippen molar-refractivity contribution in [2.24, 2.45) is 0 Å². The fraction of sp³-hybridized carbons (Fsp3) is 0.522. The highest BCUT2D eigenvalue weighted by atomic mass is 79.9. The van der Waals surface area contributed by atoms with Crippen LogP contribution in [0.4, 0.5) is 4.79 Å². The molecule has 10 N–H and O–H groups in total. The summed E-state index contributed by atoms with van der Waals surface area (Å²) in [5.74, 6) is -9.59. The first-order chi connectivity index (χ1) is 34.1. The highest BCUT2D eigenvalue weighted by molar-refractivity contribution is 9.10. The smallest absolute Gasteiger partial charge is 0.326 e. The van der Waals surface area contributed by atoms with Crippen molar-refractivity contribution in [2.75, 3.05) is 78.5 Å². The van der Waals surface area contributed by atoms with Gasteiger partial charge in [0.25, 0.3) is 5.91 Å². The minimum atomic E-state index is -1.56. The van der Waals surface area contributed by atoms with Crippen LogP contribution >= 0.6 is 15.9 Å². The molecule has 0 saturated carbocycles. The van der Waals surface area contributed by atoms with Crippen LogP contribution in [0.15, 0.2) is 53.0 Å². The van der Waals surface area contributed by atoms with Gasteiger partial charge in [-0.3, -0.25) is 53.2 Å². The molecule has 4 amide bonds. The number of carboxylic acids is 7. The first-order valence-electron chi connectivity index (χ1n) is 23.0. The summed E-state index contributed by atoms with van der Waals surface area (Å²) < 4.78 is 0.817. The predicted octanol–water partition coefficient (Wildman–Crippen LogP) is 0.657. The van der Waals surface area contributed by atoms with E-state index in [-0.39, 0.29) is 123 Å². The van der Waals surface area contributed by atoms with Gasteiger partial charge in [-0.25, -0.2) is 14.4 Å². The van der Waals surface area contributed by atoms with Crippen LogP contribution in [0.2, 0.25) is 0 Å². The maximum atomic E-state index is 13.9. The van der Waals surface area contributed by atoms with Gasteiger partial charge < -0.3 is 56.6 Å². The molecule has 2 aromatic carbocycles. The van der Waals surface area contributed by atoms with Crippen molar-refractivity contribution < 1.29 is 83.7 Å². The average Bonchev–Trinajstić information content (AvgIpc) is 3.30. The second-order valence-electron chi connectivity index (χ2n) is 17.1. The lowest BCUT2D eigenvalue weighted by molar-refractivity contribution is -0.145. The molecule has 1 fully saturated rings. The number of halogens is 1. The number of nitrogens with one attached hydrogen (secondary N) is 3. The summed E-state index contributed by atoms with van der Waals surface area (Å²) in [5, 5.41) is 73.8. The standard InChI is InChI=1S/C46H63BrN8O17/c47-33-10-6-31(7-11-33)26-55(16-2-1-3-34(43(66)67)49-46(72)50-35(44(68)69)12-15-38(57)58)42(65)32-8-4-30(5-9-32)25-48-37(56)14-13-36(45(70)71)54-23-21-52(28-40(61)62)19-17-51(27-39(59)60)18-20-53(22-24-54)29-41(63)64/h4-11,34-36H,1-3,12-29H2,(H,48,56)(H,57,58)(H,59,60)(H,61,62)(H,63,64)(H,66,67)(H,68,69)(H,70,71)(H2,49,50,72)/t34-,35-,36?/m0/s1. The maximum absolute atomic E-state index is 13.9. The summed E-state index contributed by atoms with van der Waals surface area (Å²) in [6.45, 7) is 0.182. The van der Waals surface area contributed by atoms with Crippen LogP contribution in [0.5, 0.6) is 0 Å². The molecule has 26 heteroatoms. The number of carbonyl (C=O) groups is 10. The van der Waals surface area contributed by atoms with Crippen molar-refractivity contribution in [3.63, 3.8) is 0 Å². The van der Waals surface area contributed by atoms with Crippen LogP contribution in [-0.4, -0.2) is 217 Å². The van der Waals surface area contributed by atoms with E-state index in [0.29, 0.717) is 17.5 Å². The van der Waals surface area contributed by atoms with Crippen molar-refractivity contribution in [3.05, 3.63) is 69.7 Å². The Balaban J connectivity index is 1.64. The van der Waals surface area contributed by atoms with Crippen LogP contribution in [0.1, 0.15) is 66.4 Å². The van der Waals surface area contributed by atoms with Gasteiger partial charge in [0.05, 0.1) is 19.6 Å². The topological polar surface area (TPSA) is 365 Å². The Bertz CT molecular complexity index is 2150. The summed E-state index contributed by atoms with van der Waals surface area (Å²) in [5.41, 5.74) is 1.71. The fourth-order valence-electron chi connectivity index (χ4n) is 7.73. The zero-order valence-electron chi connectivity index (χ0n) is 39.5. The molecule has 25 nitrogen and oxygen atoms in total. The average molecular weight is 1080 g/mol. The zero-order valence-corrected chi connectivity index (χ0v) is 41.1. The Labute approximate surface area is 422 Å². The van der Waals surface area contributed by atoms with E-state index in [4.69, 9.17) is 5.11 Å². The van der Waals surface area contributed by atoms with E-state index in [1.54, 1.807) is 48.8 Å². The molecule has 1 unspecified atom stereocenters. The molecule has 2 aromatic rings. The minimum absolute atomic E-state index is 0.0284. The van der Waals surface area contributed by atoms with E-state index in [1.165, 1.54) is 0 Å². The van der Waals surface area contributed by atoms with Crippen molar-refractivity contribution in [3.8, 4) is 0 Å². The number of hydrogen-bond acceptors (Lipinski definition) is 14. The van der Waals surface area contributed by atoms with E-state index in [1.807, 2.05) is 24.3 Å². The quantitative estimate of drug-likeness (QED) is 0.0523. The molecule has 0 bridgehead atoms. The van der Waals surface area contributed by atoms with Crippen LogP contribution in [0.25, 0.3) is 0 Å². The summed E-state index contributed by atoms with van der Waals surface area (Å²) in [7, 11) is 0. The molecule has 1 aliphatic rings. The van der Waals surface area contributed by atoms with Gasteiger partial charge in [-0.15, -0.1) is 0 Å². The largest absolute Gasteiger partial charge is 0.481 e. The minimum Gasteiger partial charge on any atom is -0.481 e. The van der Waals surface area contributed by atoms with Gasteiger partial charge in [0.1, 0.15) is 18.1 Å². The van der Waals surface area contributed by atoms with Crippen molar-refractivity contribution in [1.82, 2.24) is 40.4 Å². The van der Waals surface area contributed by atoms with Crippen molar-refractivity contribution >= 4 is 75.6 Å². The number of aliphatic carboxylic acids is 7. The van der Waals surface area contributed by atoms with Gasteiger partial charge in [0.15, 0.2) is 0 Å². The number of rotatable bonds is 28. The number of amides is 4. The molecule has 3 rings (SSSR count). The molecule has 0 radical (unpaired) electrons. The van der Waals surface area contributed by atoms with Gasteiger partial charge >= 0.3 is 47.8 Å². The Kier molecular flexibility index (Phi) is 25.5. The van der Waals surface area contributed by atoms with E-state index in [9.17, 15) is 78.6 Å². The third-order valence-electron chi connectivity index (χ3n) is 11.6. The SMILES string of the molecule is O=C(O)CC[C@H](NC(=O)N[C@@H](CCCCN(Cc1ccc(Br)cc1)C(=O)c1ccc(CNC(=O)CCC(C(=O)O)N2CCN(CC(=O)O)CCN(CC(=O)O)CCN(CC(=O)O)CC2)cc1)C(=O)O)C(=O)O. The van der Waals surface area contributed by atoms with E-state index in [2.05, 4.69) is 31.9 Å². The van der Waals surface area contributed by atoms with Gasteiger partial charge in [-0.05, 0) is 67.5 Å². The molecule has 1 heterocycles. The highest BCUT2D eigenvalue weighted by Crippen LogP contribution is 2.17. The molecule has 0 aliphatic carbocycles. The van der Waals surface area contributed by atoms with Crippen molar-refractivity contribution in [1.29, 1.82) is 0 Å². The molecule has 0 spiro atoms. The van der Waals surface area contributed by atoms with Gasteiger partial charge in [-0.2, -0.15) is 0 Å². The Morgan fingerprint density at radius 1 is 0.542 bits per heavy atom. The summed E-state index contributed by atoms with van der Waals surface area (Å²) in [6, 6.07) is 8.40. The normalized spacial score (nSPS) is 15.6. The molecule has 3 atom stereocenters. The summed E-state index contributed by atoms with van der Waals surface area (Å²) >= 11 is 3.39. The summed E-state index contributed by atoms with van der Waals surface area (Å²) in [6.07, 6.45) is -0.866. The molecule has 396 valence electrons. The number of hydrogen-bond donors (Lipinski definition) is 10. The number of carboxylic acid groups (broad SMARTS) is 7. The lowest BCUT2D eigenvalue weighted by atomic mass is 10.1. The Hall–Kier alpha value is -6.74. The first kappa shape index (κ1) is 59.6. The molecule has 1 aliphatic heterocycles. The van der Waals surface area contributed by atoms with Crippen LogP contribution in [-0.2, 0) is 51.4 Å². The molecule has 1 saturated heterocycles. The number of urea groups is 1. The molecule has 72 heavy (non-hydrogen) atoms. The lowest BCUT2D eigenvalue weighted by Gasteiger charge is -2.35. The second kappa shape index (κ2) is 30.9. The monoisotopic (exact) mass is 1080 g/mol. The fourth-order valence-corrected chi connectivity index (χ4v) is 8.00. The Morgan fingerprint density at radius 2 is 1.01 bits per heavy atom. The number of carbonyl (C=O) groups excluding carboxylic acids is 3. The third-order valence-corrected chi connectivity index (χ3v) is 12.1. The highest BCUT2D eigenvalue weighted by Gasteiger charge is 2.29. The van der Waals surface area contributed by atoms with E-state index < -0.39 is 84.7 Å². The van der Waals surface area contributed by atoms with Crippen LogP contribution < -0.4 is 16.0 Å². The van der Waals surface area contributed by atoms with Crippen LogP contribution in [0.3, 0.4) is 0 Å². The molecular formula is C46H63BrN8O17. The predicted molar refractivity (Wildman–Crippen MR) is 257 cm³/mol. The number of unbranched alkanes of at least 4 members (excludes halogenated alkanes) is 1. The third kappa shape index (κ3) is 23.0.